The third-order valence-corrected chi connectivity index (χ3v) is 3.82. The molecule has 0 saturated carbocycles. The quantitative estimate of drug-likeness (QED) is 0.841. The lowest BCUT2D eigenvalue weighted by molar-refractivity contribution is 0.0908. The molecule has 0 aromatic heterocycles. The SMILES string of the molecule is COCC(C)N(C)C(CN)c1cccc(C)c1C. The van der Waals surface area contributed by atoms with Gasteiger partial charge in [0.2, 0.25) is 0 Å². The third-order valence-electron chi connectivity index (χ3n) is 3.82. The Labute approximate surface area is 111 Å². The average Bonchev–Trinajstić information content (AvgIpc) is 2.35. The molecule has 0 spiro atoms. The summed E-state index contributed by atoms with van der Waals surface area (Å²) in [5, 5.41) is 0. The van der Waals surface area contributed by atoms with E-state index in [-0.39, 0.29) is 6.04 Å². The molecule has 0 saturated heterocycles. The molecule has 102 valence electrons. The summed E-state index contributed by atoms with van der Waals surface area (Å²) >= 11 is 0. The van der Waals surface area contributed by atoms with Crippen LogP contribution in [0.5, 0.6) is 0 Å². The lowest BCUT2D eigenvalue weighted by Gasteiger charge is -2.33. The topological polar surface area (TPSA) is 38.5 Å². The van der Waals surface area contributed by atoms with E-state index in [9.17, 15) is 0 Å². The molecule has 2 atom stereocenters. The summed E-state index contributed by atoms with van der Waals surface area (Å²) in [6.07, 6.45) is 0. The number of nitrogens with zero attached hydrogens (tertiary/aromatic N) is 1. The number of likely N-dealkylation sites (N-methyl/N-ethyl adjacent to an activating group) is 1. The van der Waals surface area contributed by atoms with Gasteiger partial charge in [-0.2, -0.15) is 0 Å². The van der Waals surface area contributed by atoms with Gasteiger partial charge in [0.1, 0.15) is 0 Å². The molecule has 0 heterocycles. The number of benzene rings is 1. The van der Waals surface area contributed by atoms with Gasteiger partial charge < -0.3 is 10.5 Å². The Morgan fingerprint density at radius 3 is 2.56 bits per heavy atom. The number of nitrogens with two attached hydrogens (primary N) is 1. The van der Waals surface area contributed by atoms with E-state index < -0.39 is 0 Å². The zero-order valence-electron chi connectivity index (χ0n) is 12.2. The van der Waals surface area contributed by atoms with Crippen LogP contribution in [0.1, 0.15) is 29.7 Å². The van der Waals surface area contributed by atoms with Crippen molar-refractivity contribution >= 4 is 0 Å². The highest BCUT2D eigenvalue weighted by molar-refractivity contribution is 5.35. The Balaban J connectivity index is 2.98. The van der Waals surface area contributed by atoms with Crippen molar-refractivity contribution in [3.8, 4) is 0 Å². The molecular weight excluding hydrogens is 224 g/mol. The van der Waals surface area contributed by atoms with Gasteiger partial charge in [0.05, 0.1) is 6.61 Å². The normalized spacial score (nSPS) is 14.8. The number of hydrogen-bond acceptors (Lipinski definition) is 3. The van der Waals surface area contributed by atoms with E-state index in [2.05, 4.69) is 50.9 Å². The van der Waals surface area contributed by atoms with Crippen LogP contribution in [0, 0.1) is 13.8 Å². The predicted molar refractivity (Wildman–Crippen MR) is 76.8 cm³/mol. The fourth-order valence-electron chi connectivity index (χ4n) is 2.31. The number of rotatable bonds is 6. The Kier molecular flexibility index (Phi) is 5.79. The molecule has 0 aliphatic heterocycles. The van der Waals surface area contributed by atoms with Crippen molar-refractivity contribution in [1.82, 2.24) is 4.90 Å². The maximum Gasteiger partial charge on any atom is 0.0615 e. The summed E-state index contributed by atoms with van der Waals surface area (Å²) in [7, 11) is 3.85. The third kappa shape index (κ3) is 3.31. The first-order chi connectivity index (χ1) is 8.52. The van der Waals surface area contributed by atoms with Gasteiger partial charge in [-0.3, -0.25) is 4.90 Å². The minimum absolute atomic E-state index is 0.245. The van der Waals surface area contributed by atoms with Crippen LogP contribution < -0.4 is 5.73 Å². The van der Waals surface area contributed by atoms with Crippen LogP contribution in [-0.4, -0.2) is 38.3 Å². The van der Waals surface area contributed by atoms with Crippen LogP contribution in [0.2, 0.25) is 0 Å². The fraction of sp³-hybridized carbons (Fsp3) is 0.600. The summed E-state index contributed by atoms with van der Waals surface area (Å²) in [6.45, 7) is 7.82. The monoisotopic (exact) mass is 250 g/mol. The molecular formula is C15H26N2O. The molecule has 1 aromatic carbocycles. The molecule has 0 radical (unpaired) electrons. The highest BCUT2D eigenvalue weighted by atomic mass is 16.5. The zero-order chi connectivity index (χ0) is 13.7. The average molecular weight is 250 g/mol. The molecule has 2 N–H and O–H groups in total. The molecule has 0 fully saturated rings. The van der Waals surface area contributed by atoms with Crippen molar-refractivity contribution in [1.29, 1.82) is 0 Å². The van der Waals surface area contributed by atoms with Gasteiger partial charge in [-0.05, 0) is 44.5 Å². The summed E-state index contributed by atoms with van der Waals surface area (Å²) in [5.74, 6) is 0. The van der Waals surface area contributed by atoms with E-state index in [0.717, 1.165) is 6.61 Å². The Morgan fingerprint density at radius 2 is 2.00 bits per heavy atom. The standard InChI is InChI=1S/C15H26N2O/c1-11-7-6-8-14(13(11)3)15(9-16)17(4)12(2)10-18-5/h6-8,12,15H,9-10,16H2,1-5H3. The zero-order valence-corrected chi connectivity index (χ0v) is 12.2. The second-order valence-electron chi connectivity index (χ2n) is 5.01. The van der Waals surface area contributed by atoms with Crippen molar-refractivity contribution in [2.24, 2.45) is 5.73 Å². The van der Waals surface area contributed by atoms with Gasteiger partial charge in [0.25, 0.3) is 0 Å². The van der Waals surface area contributed by atoms with E-state index in [4.69, 9.17) is 10.5 Å². The molecule has 1 rings (SSSR count). The van der Waals surface area contributed by atoms with Gasteiger partial charge in [-0.1, -0.05) is 18.2 Å². The van der Waals surface area contributed by atoms with Crippen LogP contribution in [0.3, 0.4) is 0 Å². The van der Waals surface area contributed by atoms with Gasteiger partial charge in [0.15, 0.2) is 0 Å². The number of ether oxygens (including phenoxy) is 1. The maximum absolute atomic E-state index is 5.98. The van der Waals surface area contributed by atoms with Crippen molar-refractivity contribution in [3.63, 3.8) is 0 Å². The summed E-state index contributed by atoms with van der Waals surface area (Å²) in [5.41, 5.74) is 9.95. The Bertz CT molecular complexity index is 379. The lowest BCUT2D eigenvalue weighted by Crippen LogP contribution is -2.39. The molecule has 0 aliphatic rings. The van der Waals surface area contributed by atoms with Crippen molar-refractivity contribution in [2.75, 3.05) is 27.3 Å². The minimum atomic E-state index is 0.245. The van der Waals surface area contributed by atoms with Crippen LogP contribution in [0.25, 0.3) is 0 Å². The molecule has 0 aliphatic carbocycles. The summed E-state index contributed by atoms with van der Waals surface area (Å²) < 4.78 is 5.23. The Morgan fingerprint density at radius 1 is 1.33 bits per heavy atom. The molecule has 0 amide bonds. The number of hydrogen-bond donors (Lipinski definition) is 1. The van der Waals surface area contributed by atoms with Crippen LogP contribution in [0.4, 0.5) is 0 Å². The van der Waals surface area contributed by atoms with E-state index in [1.54, 1.807) is 7.11 Å². The second-order valence-corrected chi connectivity index (χ2v) is 5.01. The Hall–Kier alpha value is -0.900. The van der Waals surface area contributed by atoms with E-state index in [1.807, 2.05) is 0 Å². The summed E-state index contributed by atoms with van der Waals surface area (Å²) in [6, 6.07) is 7.02. The van der Waals surface area contributed by atoms with Crippen LogP contribution in [0.15, 0.2) is 18.2 Å². The first-order valence-electron chi connectivity index (χ1n) is 6.50. The van der Waals surface area contributed by atoms with Gasteiger partial charge in [-0.15, -0.1) is 0 Å². The second kappa shape index (κ2) is 6.88. The van der Waals surface area contributed by atoms with E-state index in [0.29, 0.717) is 12.6 Å². The van der Waals surface area contributed by atoms with E-state index >= 15 is 0 Å². The molecule has 0 bridgehead atoms. The van der Waals surface area contributed by atoms with Gasteiger partial charge in [0, 0.05) is 25.7 Å². The lowest BCUT2D eigenvalue weighted by atomic mass is 9.96. The minimum Gasteiger partial charge on any atom is -0.383 e. The largest absolute Gasteiger partial charge is 0.383 e. The molecule has 3 nitrogen and oxygen atoms in total. The molecule has 18 heavy (non-hydrogen) atoms. The van der Waals surface area contributed by atoms with Crippen molar-refractivity contribution in [3.05, 3.63) is 34.9 Å². The molecule has 1 aromatic rings. The fourth-order valence-corrected chi connectivity index (χ4v) is 2.31. The summed E-state index contributed by atoms with van der Waals surface area (Å²) in [4.78, 5) is 2.30. The van der Waals surface area contributed by atoms with Crippen LogP contribution >= 0.6 is 0 Å². The predicted octanol–water partition coefficient (Wildman–Crippen LogP) is 2.27. The molecule has 2 unspecified atom stereocenters. The van der Waals surface area contributed by atoms with Gasteiger partial charge >= 0.3 is 0 Å². The number of aryl methyl sites for hydroxylation is 1. The highest BCUT2D eigenvalue weighted by Gasteiger charge is 2.21. The van der Waals surface area contributed by atoms with Crippen molar-refractivity contribution < 1.29 is 4.74 Å². The van der Waals surface area contributed by atoms with E-state index in [1.165, 1.54) is 16.7 Å². The first-order valence-corrected chi connectivity index (χ1v) is 6.50. The van der Waals surface area contributed by atoms with Crippen LogP contribution in [-0.2, 0) is 4.74 Å². The van der Waals surface area contributed by atoms with Gasteiger partial charge in [-0.25, -0.2) is 0 Å². The van der Waals surface area contributed by atoms with Crippen molar-refractivity contribution in [2.45, 2.75) is 32.9 Å². The maximum atomic E-state index is 5.98. The highest BCUT2D eigenvalue weighted by Crippen LogP contribution is 2.25. The molecule has 3 heteroatoms. The number of methoxy groups -OCH3 is 1. The smallest absolute Gasteiger partial charge is 0.0615 e. The first kappa shape index (κ1) is 15.2.